The van der Waals surface area contributed by atoms with Crippen LogP contribution in [0.3, 0.4) is 0 Å². The maximum absolute atomic E-state index is 10.7. The molecule has 3 rings (SSSR count). The number of nitro groups is 1. The minimum atomic E-state index is -0.354. The minimum Gasteiger partial charge on any atom is -0.297 e. The smallest absolute Gasteiger partial charge is 0.297 e. The van der Waals surface area contributed by atoms with E-state index in [4.69, 9.17) is 0 Å². The molecule has 5 nitrogen and oxygen atoms in total. The molecule has 1 aliphatic heterocycles. The number of thiazole rings is 1. The summed E-state index contributed by atoms with van der Waals surface area (Å²) in [5.41, 5.74) is 1.07. The van der Waals surface area contributed by atoms with E-state index in [1.807, 2.05) is 0 Å². The van der Waals surface area contributed by atoms with Gasteiger partial charge in [-0.3, -0.25) is 15.0 Å². The van der Waals surface area contributed by atoms with Gasteiger partial charge in [0.25, 0.3) is 0 Å². The first-order valence-electron chi connectivity index (χ1n) is 6.14. The molecule has 3 heterocycles. The molecule has 1 aliphatic rings. The van der Waals surface area contributed by atoms with E-state index in [0.29, 0.717) is 0 Å². The summed E-state index contributed by atoms with van der Waals surface area (Å²) >= 11 is 2.75. The Morgan fingerprint density at radius 2 is 2.10 bits per heavy atom. The van der Waals surface area contributed by atoms with Crippen LogP contribution in [-0.2, 0) is 6.54 Å². The number of hydrogen-bond acceptors (Lipinski definition) is 6. The maximum Gasteiger partial charge on any atom is 0.324 e. The number of likely N-dealkylation sites (tertiary alicyclic amines) is 1. The number of hydrogen-bond donors (Lipinski definition) is 0. The molecule has 0 radical (unpaired) electrons. The molecular weight excluding hydrogens is 318 g/mol. The van der Waals surface area contributed by atoms with Gasteiger partial charge in [-0.1, -0.05) is 11.3 Å². The van der Waals surface area contributed by atoms with Crippen molar-refractivity contribution >= 4 is 40.1 Å². The number of rotatable bonds is 4. The zero-order valence-corrected chi connectivity index (χ0v) is 13.1. The third-order valence-corrected chi connectivity index (χ3v) is 5.22. The predicted octanol–water partition coefficient (Wildman–Crippen LogP) is 3.80. The maximum atomic E-state index is 10.7. The molecule has 0 atom stereocenters. The summed E-state index contributed by atoms with van der Waals surface area (Å²) in [5, 5.41) is 13.8. The van der Waals surface area contributed by atoms with Gasteiger partial charge in [0.05, 0.1) is 15.5 Å². The van der Waals surface area contributed by atoms with E-state index in [-0.39, 0.29) is 22.3 Å². The van der Waals surface area contributed by atoms with Crippen LogP contribution in [0.4, 0.5) is 5.00 Å². The minimum absolute atomic E-state index is 0. The highest BCUT2D eigenvalue weighted by molar-refractivity contribution is 7.22. The average molecular weight is 332 g/mol. The van der Waals surface area contributed by atoms with Gasteiger partial charge < -0.3 is 0 Å². The van der Waals surface area contributed by atoms with E-state index in [1.54, 1.807) is 23.5 Å². The quantitative estimate of drug-likeness (QED) is 0.631. The summed E-state index contributed by atoms with van der Waals surface area (Å²) in [5.74, 6) is 0. The standard InChI is InChI=1S/C12H13N3O2S2.ClH/c16-15(17)11-4-3-10(19-11)12-13-9(8-18-12)7-14-5-1-2-6-14;/h3-4,8H,1-2,5-7H2;1H. The monoisotopic (exact) mass is 331 g/mol. The van der Waals surface area contributed by atoms with Gasteiger partial charge in [-0.15, -0.1) is 23.7 Å². The Bertz CT molecular complexity index is 593. The van der Waals surface area contributed by atoms with Crippen molar-refractivity contribution in [2.75, 3.05) is 13.1 Å². The van der Waals surface area contributed by atoms with Gasteiger partial charge in [-0.2, -0.15) is 0 Å². The van der Waals surface area contributed by atoms with Crippen LogP contribution in [0.25, 0.3) is 9.88 Å². The Balaban J connectivity index is 0.00000147. The summed E-state index contributed by atoms with van der Waals surface area (Å²) in [6.45, 7) is 3.19. The first-order valence-corrected chi connectivity index (χ1v) is 7.83. The molecule has 0 saturated carbocycles. The lowest BCUT2D eigenvalue weighted by Gasteiger charge is -2.11. The van der Waals surface area contributed by atoms with Crippen molar-refractivity contribution in [2.24, 2.45) is 0 Å². The van der Waals surface area contributed by atoms with Gasteiger partial charge in [0.2, 0.25) is 0 Å². The van der Waals surface area contributed by atoms with E-state index in [1.165, 1.54) is 24.2 Å². The van der Waals surface area contributed by atoms with E-state index in [2.05, 4.69) is 15.3 Å². The summed E-state index contributed by atoms with van der Waals surface area (Å²) in [6.07, 6.45) is 2.54. The van der Waals surface area contributed by atoms with E-state index >= 15 is 0 Å². The average Bonchev–Trinajstić information content (AvgIpc) is 3.09. The first kappa shape index (κ1) is 15.4. The lowest BCUT2D eigenvalue weighted by molar-refractivity contribution is -0.380. The Hall–Kier alpha value is -1.02. The van der Waals surface area contributed by atoms with E-state index in [9.17, 15) is 10.1 Å². The second-order valence-electron chi connectivity index (χ2n) is 4.52. The molecule has 2 aromatic rings. The molecule has 0 unspecified atom stereocenters. The molecule has 0 spiro atoms. The second-order valence-corrected chi connectivity index (χ2v) is 6.44. The third-order valence-electron chi connectivity index (χ3n) is 3.12. The van der Waals surface area contributed by atoms with E-state index in [0.717, 1.165) is 35.2 Å². The zero-order chi connectivity index (χ0) is 13.2. The predicted molar refractivity (Wildman–Crippen MR) is 83.8 cm³/mol. The van der Waals surface area contributed by atoms with E-state index < -0.39 is 0 Å². The van der Waals surface area contributed by atoms with Crippen molar-refractivity contribution in [3.63, 3.8) is 0 Å². The number of nitrogens with zero attached hydrogens (tertiary/aromatic N) is 3. The fraction of sp³-hybridized carbons (Fsp3) is 0.417. The topological polar surface area (TPSA) is 59.3 Å². The number of halogens is 1. The summed E-state index contributed by atoms with van der Waals surface area (Å²) in [4.78, 5) is 18.2. The Morgan fingerprint density at radius 1 is 1.35 bits per heavy atom. The van der Waals surface area contributed by atoms with Crippen LogP contribution in [0.2, 0.25) is 0 Å². The van der Waals surface area contributed by atoms with Crippen molar-refractivity contribution in [3.05, 3.63) is 33.3 Å². The third kappa shape index (κ3) is 3.35. The molecule has 0 amide bonds. The lowest BCUT2D eigenvalue weighted by Crippen LogP contribution is -2.18. The van der Waals surface area contributed by atoms with Crippen LogP contribution in [0, 0.1) is 10.1 Å². The molecule has 0 N–H and O–H groups in total. The number of thiophene rings is 1. The van der Waals surface area contributed by atoms with Gasteiger partial charge in [-0.05, 0) is 32.0 Å². The van der Waals surface area contributed by atoms with Crippen LogP contribution in [0.1, 0.15) is 18.5 Å². The highest BCUT2D eigenvalue weighted by Crippen LogP contribution is 2.34. The zero-order valence-electron chi connectivity index (χ0n) is 10.7. The first-order chi connectivity index (χ1) is 9.22. The highest BCUT2D eigenvalue weighted by Gasteiger charge is 2.16. The van der Waals surface area contributed by atoms with Crippen LogP contribution in [-0.4, -0.2) is 27.9 Å². The van der Waals surface area contributed by atoms with Crippen LogP contribution < -0.4 is 0 Å². The molecule has 1 fully saturated rings. The van der Waals surface area contributed by atoms with Gasteiger partial charge in [0, 0.05) is 18.0 Å². The molecule has 0 bridgehead atoms. The fourth-order valence-corrected chi connectivity index (χ4v) is 3.91. The summed E-state index contributed by atoms with van der Waals surface area (Å²) < 4.78 is 0. The molecule has 0 aliphatic carbocycles. The molecule has 1 saturated heterocycles. The Labute approximate surface area is 130 Å². The molecular formula is C12H14ClN3O2S2. The Kier molecular flexibility index (Phi) is 5.09. The SMILES string of the molecule is Cl.O=[N+]([O-])c1ccc(-c2nc(CN3CCCC3)cs2)s1. The van der Waals surface area contributed by atoms with Crippen LogP contribution in [0.15, 0.2) is 17.5 Å². The second kappa shape index (κ2) is 6.62. The molecule has 2 aromatic heterocycles. The summed E-state index contributed by atoms with van der Waals surface area (Å²) in [7, 11) is 0. The van der Waals surface area contributed by atoms with Crippen molar-refractivity contribution in [1.29, 1.82) is 0 Å². The molecule has 0 aromatic carbocycles. The van der Waals surface area contributed by atoms with Gasteiger partial charge >= 0.3 is 5.00 Å². The van der Waals surface area contributed by atoms with Gasteiger partial charge in [0.15, 0.2) is 0 Å². The largest absolute Gasteiger partial charge is 0.324 e. The van der Waals surface area contributed by atoms with Crippen molar-refractivity contribution in [3.8, 4) is 9.88 Å². The lowest BCUT2D eigenvalue weighted by atomic mass is 10.4. The summed E-state index contributed by atoms with van der Waals surface area (Å²) in [6, 6.07) is 3.32. The van der Waals surface area contributed by atoms with Crippen LogP contribution in [0.5, 0.6) is 0 Å². The van der Waals surface area contributed by atoms with Crippen molar-refractivity contribution in [2.45, 2.75) is 19.4 Å². The fourth-order valence-electron chi connectivity index (χ4n) is 2.20. The molecule has 20 heavy (non-hydrogen) atoms. The van der Waals surface area contributed by atoms with Crippen molar-refractivity contribution in [1.82, 2.24) is 9.88 Å². The van der Waals surface area contributed by atoms with Crippen LogP contribution >= 0.6 is 35.1 Å². The molecule has 108 valence electrons. The highest BCUT2D eigenvalue weighted by atomic mass is 35.5. The normalized spacial score (nSPS) is 15.2. The Morgan fingerprint density at radius 3 is 2.75 bits per heavy atom. The van der Waals surface area contributed by atoms with Gasteiger partial charge in [-0.25, -0.2) is 4.98 Å². The van der Waals surface area contributed by atoms with Crippen molar-refractivity contribution < 1.29 is 4.92 Å². The molecule has 8 heteroatoms. The van der Waals surface area contributed by atoms with Gasteiger partial charge in [0.1, 0.15) is 5.01 Å². The number of aromatic nitrogens is 1.